The molecule has 1 saturated heterocycles. The first-order valence-electron chi connectivity index (χ1n) is 8.93. The smallest absolute Gasteiger partial charge is 0.326 e. The minimum Gasteiger partial charge on any atom is -0.460 e. The standard InChI is InChI=1S/C19H25N3O4/c1-19(2,3)26-17(24)12-16(23)21-10-8-13(9-11-21)22-15-7-5-4-6-14(15)20-18(22)25/h4-7,13H,8-12H2,1-3H3,(H,20,25). The van der Waals surface area contributed by atoms with Crippen molar-refractivity contribution in [3.63, 3.8) is 0 Å². The summed E-state index contributed by atoms with van der Waals surface area (Å²) in [5.74, 6) is -0.721. The van der Waals surface area contributed by atoms with Crippen LogP contribution >= 0.6 is 0 Å². The van der Waals surface area contributed by atoms with Gasteiger partial charge in [0.15, 0.2) is 0 Å². The Balaban J connectivity index is 1.62. The largest absolute Gasteiger partial charge is 0.460 e. The van der Waals surface area contributed by atoms with Crippen LogP contribution < -0.4 is 5.69 Å². The van der Waals surface area contributed by atoms with Crippen molar-refractivity contribution in [2.24, 2.45) is 0 Å². The van der Waals surface area contributed by atoms with Crippen LogP contribution in [0.2, 0.25) is 0 Å². The highest BCUT2D eigenvalue weighted by atomic mass is 16.6. The summed E-state index contributed by atoms with van der Waals surface area (Å²) in [6.07, 6.45) is 1.12. The van der Waals surface area contributed by atoms with Crippen molar-refractivity contribution in [2.75, 3.05) is 13.1 Å². The SMILES string of the molecule is CC(C)(C)OC(=O)CC(=O)N1CCC(n2c(=O)[nH]c3ccccc32)CC1. The Morgan fingerprint density at radius 3 is 2.50 bits per heavy atom. The molecule has 26 heavy (non-hydrogen) atoms. The molecular formula is C19H25N3O4. The molecule has 1 aromatic carbocycles. The lowest BCUT2D eigenvalue weighted by Crippen LogP contribution is -2.41. The number of H-pyrrole nitrogens is 1. The number of aromatic nitrogens is 2. The molecule has 7 nitrogen and oxygen atoms in total. The second kappa shape index (κ2) is 6.97. The van der Waals surface area contributed by atoms with Crippen LogP contribution in [0.15, 0.2) is 29.1 Å². The van der Waals surface area contributed by atoms with Crippen LogP contribution in [-0.4, -0.2) is 45.0 Å². The van der Waals surface area contributed by atoms with E-state index in [1.165, 1.54) is 0 Å². The number of amides is 1. The molecule has 140 valence electrons. The molecule has 0 bridgehead atoms. The van der Waals surface area contributed by atoms with Crippen LogP contribution in [0.4, 0.5) is 0 Å². The highest BCUT2D eigenvalue weighted by Crippen LogP contribution is 2.25. The van der Waals surface area contributed by atoms with Crippen molar-refractivity contribution in [1.29, 1.82) is 0 Å². The van der Waals surface area contributed by atoms with Crippen molar-refractivity contribution in [3.05, 3.63) is 34.7 Å². The number of carbonyl (C=O) groups is 2. The number of rotatable bonds is 3. The van der Waals surface area contributed by atoms with E-state index < -0.39 is 11.6 Å². The topological polar surface area (TPSA) is 84.4 Å². The number of nitrogens with one attached hydrogen (secondary N) is 1. The second-order valence-electron chi connectivity index (χ2n) is 7.69. The molecule has 0 spiro atoms. The molecule has 1 aliphatic rings. The fourth-order valence-electron chi connectivity index (χ4n) is 3.42. The number of ether oxygens (including phenoxy) is 1. The maximum atomic E-state index is 12.3. The number of carbonyl (C=O) groups excluding carboxylic acids is 2. The number of para-hydroxylation sites is 2. The molecule has 3 rings (SSSR count). The van der Waals surface area contributed by atoms with E-state index in [0.717, 1.165) is 11.0 Å². The number of hydrogen-bond donors (Lipinski definition) is 1. The molecule has 1 amide bonds. The minimum atomic E-state index is -0.596. The molecule has 0 atom stereocenters. The first-order chi connectivity index (χ1) is 12.2. The number of benzene rings is 1. The Labute approximate surface area is 151 Å². The van der Waals surface area contributed by atoms with Crippen molar-refractivity contribution >= 4 is 22.9 Å². The molecule has 2 aromatic rings. The van der Waals surface area contributed by atoms with Crippen molar-refractivity contribution in [2.45, 2.75) is 51.7 Å². The van der Waals surface area contributed by atoms with Gasteiger partial charge < -0.3 is 14.6 Å². The summed E-state index contributed by atoms with van der Waals surface area (Å²) in [5, 5.41) is 0. The lowest BCUT2D eigenvalue weighted by Gasteiger charge is -2.32. The van der Waals surface area contributed by atoms with Crippen LogP contribution in [0, 0.1) is 0 Å². The van der Waals surface area contributed by atoms with E-state index in [1.54, 1.807) is 30.2 Å². The van der Waals surface area contributed by atoms with E-state index >= 15 is 0 Å². The molecule has 7 heteroatoms. The van der Waals surface area contributed by atoms with Gasteiger partial charge in [0.05, 0.1) is 11.0 Å². The zero-order valence-electron chi connectivity index (χ0n) is 15.4. The van der Waals surface area contributed by atoms with E-state index in [1.807, 2.05) is 24.3 Å². The third-order valence-corrected chi connectivity index (χ3v) is 4.52. The van der Waals surface area contributed by atoms with Gasteiger partial charge in [-0.3, -0.25) is 14.2 Å². The van der Waals surface area contributed by atoms with Gasteiger partial charge in [-0.15, -0.1) is 0 Å². The summed E-state index contributed by atoms with van der Waals surface area (Å²) in [6, 6.07) is 7.65. The van der Waals surface area contributed by atoms with Gasteiger partial charge in [-0.25, -0.2) is 4.79 Å². The van der Waals surface area contributed by atoms with Crippen LogP contribution in [0.5, 0.6) is 0 Å². The molecular weight excluding hydrogens is 334 g/mol. The predicted octanol–water partition coefficient (Wildman–Crippen LogP) is 2.22. The van der Waals surface area contributed by atoms with Crippen molar-refractivity contribution < 1.29 is 14.3 Å². The highest BCUT2D eigenvalue weighted by molar-refractivity contribution is 5.94. The number of likely N-dealkylation sites (tertiary alicyclic amines) is 1. The van der Waals surface area contributed by atoms with E-state index in [-0.39, 0.29) is 24.1 Å². The fraction of sp³-hybridized carbons (Fsp3) is 0.526. The summed E-state index contributed by atoms with van der Waals surface area (Å²) in [5.41, 5.74) is 0.989. The van der Waals surface area contributed by atoms with Crippen molar-refractivity contribution in [1.82, 2.24) is 14.5 Å². The monoisotopic (exact) mass is 359 g/mol. The maximum absolute atomic E-state index is 12.3. The van der Waals surface area contributed by atoms with Gasteiger partial charge in [0.1, 0.15) is 12.0 Å². The lowest BCUT2D eigenvalue weighted by atomic mass is 10.0. The quantitative estimate of drug-likeness (QED) is 0.673. The van der Waals surface area contributed by atoms with Gasteiger partial charge in [0, 0.05) is 19.1 Å². The van der Waals surface area contributed by atoms with E-state index in [9.17, 15) is 14.4 Å². The molecule has 2 heterocycles. The number of fused-ring (bicyclic) bond motifs is 1. The van der Waals surface area contributed by atoms with Crippen molar-refractivity contribution in [3.8, 4) is 0 Å². The molecule has 1 aromatic heterocycles. The van der Waals surface area contributed by atoms with Gasteiger partial charge >= 0.3 is 11.7 Å². The third-order valence-electron chi connectivity index (χ3n) is 4.52. The fourth-order valence-corrected chi connectivity index (χ4v) is 3.42. The third kappa shape index (κ3) is 3.98. The zero-order chi connectivity index (χ0) is 18.9. The number of piperidine rings is 1. The Hall–Kier alpha value is -2.57. The van der Waals surface area contributed by atoms with Gasteiger partial charge in [-0.1, -0.05) is 12.1 Å². The lowest BCUT2D eigenvalue weighted by molar-refractivity contribution is -0.158. The summed E-state index contributed by atoms with van der Waals surface area (Å²) in [7, 11) is 0. The summed E-state index contributed by atoms with van der Waals surface area (Å²) in [4.78, 5) is 41.0. The van der Waals surface area contributed by atoms with Gasteiger partial charge in [-0.2, -0.15) is 0 Å². The molecule has 0 aliphatic carbocycles. The average molecular weight is 359 g/mol. The Morgan fingerprint density at radius 1 is 1.19 bits per heavy atom. The Kier molecular flexibility index (Phi) is 4.89. The van der Waals surface area contributed by atoms with E-state index in [2.05, 4.69) is 4.98 Å². The molecule has 1 N–H and O–H groups in total. The maximum Gasteiger partial charge on any atom is 0.326 e. The van der Waals surface area contributed by atoms with Crippen LogP contribution in [0.25, 0.3) is 11.0 Å². The number of esters is 1. The summed E-state index contributed by atoms with van der Waals surface area (Å²) < 4.78 is 6.99. The first kappa shape index (κ1) is 18.2. The van der Waals surface area contributed by atoms with Crippen LogP contribution in [-0.2, 0) is 14.3 Å². The second-order valence-corrected chi connectivity index (χ2v) is 7.69. The van der Waals surface area contributed by atoms with Gasteiger partial charge in [0.2, 0.25) is 5.91 Å². The predicted molar refractivity (Wildman–Crippen MR) is 97.9 cm³/mol. The number of hydrogen-bond acceptors (Lipinski definition) is 4. The van der Waals surface area contributed by atoms with E-state index in [4.69, 9.17) is 4.74 Å². The summed E-state index contributed by atoms with van der Waals surface area (Å²) in [6.45, 7) is 6.38. The highest BCUT2D eigenvalue weighted by Gasteiger charge is 2.28. The molecule has 0 saturated carbocycles. The minimum absolute atomic E-state index is 0.0456. The van der Waals surface area contributed by atoms with Gasteiger partial charge in [0.25, 0.3) is 0 Å². The first-order valence-corrected chi connectivity index (χ1v) is 8.93. The molecule has 1 aliphatic heterocycles. The van der Waals surface area contributed by atoms with E-state index in [0.29, 0.717) is 25.9 Å². The normalized spacial score (nSPS) is 16.0. The molecule has 1 fully saturated rings. The Bertz CT molecular complexity index is 867. The average Bonchev–Trinajstić information content (AvgIpc) is 2.88. The number of nitrogens with zero attached hydrogens (tertiary/aromatic N) is 2. The van der Waals surface area contributed by atoms with Crippen LogP contribution in [0.1, 0.15) is 46.1 Å². The number of aromatic amines is 1. The number of imidazole rings is 1. The molecule has 0 unspecified atom stereocenters. The van der Waals surface area contributed by atoms with Crippen LogP contribution in [0.3, 0.4) is 0 Å². The summed E-state index contributed by atoms with van der Waals surface area (Å²) >= 11 is 0. The van der Waals surface area contributed by atoms with Gasteiger partial charge in [-0.05, 0) is 45.7 Å². The Morgan fingerprint density at radius 2 is 1.85 bits per heavy atom. The molecule has 0 radical (unpaired) electrons. The zero-order valence-corrected chi connectivity index (χ0v) is 15.4.